The first kappa shape index (κ1) is 22.8. The van der Waals surface area contributed by atoms with Crippen molar-refractivity contribution in [3.05, 3.63) is 98.3 Å². The lowest BCUT2D eigenvalue weighted by molar-refractivity contribution is -0.384. The van der Waals surface area contributed by atoms with Gasteiger partial charge in [-0.1, -0.05) is 23.7 Å². The fourth-order valence-corrected chi connectivity index (χ4v) is 3.19. The number of halogens is 2. The molecule has 162 valence electrons. The second kappa shape index (κ2) is 10.4. The Labute approximate surface area is 189 Å². The first-order valence-electron chi connectivity index (χ1n) is 9.61. The van der Waals surface area contributed by atoms with Crippen LogP contribution < -0.4 is 9.47 Å². The van der Waals surface area contributed by atoms with Crippen LogP contribution in [0.2, 0.25) is 5.02 Å². The van der Waals surface area contributed by atoms with E-state index in [4.69, 9.17) is 21.1 Å². The van der Waals surface area contributed by atoms with E-state index >= 15 is 0 Å². The van der Waals surface area contributed by atoms with Gasteiger partial charge in [0.15, 0.2) is 11.5 Å². The normalized spacial score (nSPS) is 11.0. The second-order valence-electron chi connectivity index (χ2n) is 6.65. The van der Waals surface area contributed by atoms with E-state index in [1.807, 2.05) is 6.92 Å². The molecule has 3 aromatic rings. The van der Waals surface area contributed by atoms with Crippen molar-refractivity contribution in [3.8, 4) is 17.6 Å². The van der Waals surface area contributed by atoms with Gasteiger partial charge in [-0.2, -0.15) is 5.26 Å². The smallest absolute Gasteiger partial charge is 0.269 e. The van der Waals surface area contributed by atoms with Gasteiger partial charge in [0.25, 0.3) is 5.69 Å². The Hall–Kier alpha value is -3.89. The van der Waals surface area contributed by atoms with Crippen LogP contribution in [0.3, 0.4) is 0 Å². The number of nitro benzene ring substituents is 1. The van der Waals surface area contributed by atoms with Gasteiger partial charge in [0.05, 0.1) is 28.2 Å². The lowest BCUT2D eigenvalue weighted by Gasteiger charge is -2.15. The van der Waals surface area contributed by atoms with E-state index in [1.54, 1.807) is 30.3 Å². The molecule has 0 fully saturated rings. The summed E-state index contributed by atoms with van der Waals surface area (Å²) in [6.07, 6.45) is 1.61. The highest BCUT2D eigenvalue weighted by molar-refractivity contribution is 6.32. The van der Waals surface area contributed by atoms with E-state index in [2.05, 4.69) is 6.07 Å². The Morgan fingerprint density at radius 3 is 2.44 bits per heavy atom. The molecule has 32 heavy (non-hydrogen) atoms. The van der Waals surface area contributed by atoms with Gasteiger partial charge in [-0.15, -0.1) is 0 Å². The molecule has 0 aromatic heterocycles. The highest BCUT2D eigenvalue weighted by Crippen LogP contribution is 2.38. The van der Waals surface area contributed by atoms with Crippen LogP contribution in [0.4, 0.5) is 10.1 Å². The third kappa shape index (κ3) is 5.62. The number of allylic oxidation sites excluding steroid dienone is 1. The lowest BCUT2D eigenvalue weighted by Crippen LogP contribution is -2.01. The molecule has 0 saturated carbocycles. The van der Waals surface area contributed by atoms with Gasteiger partial charge < -0.3 is 9.47 Å². The topological polar surface area (TPSA) is 85.4 Å². The fourth-order valence-electron chi connectivity index (χ4n) is 2.92. The minimum Gasteiger partial charge on any atom is -0.490 e. The average molecular weight is 453 g/mol. The Kier molecular flexibility index (Phi) is 7.42. The summed E-state index contributed by atoms with van der Waals surface area (Å²) in [5.74, 6) is 0.400. The van der Waals surface area contributed by atoms with Gasteiger partial charge in [0.2, 0.25) is 0 Å². The summed E-state index contributed by atoms with van der Waals surface area (Å²) in [5.41, 5.74) is 2.14. The molecule has 0 aliphatic rings. The Morgan fingerprint density at radius 1 is 1.16 bits per heavy atom. The van der Waals surface area contributed by atoms with Gasteiger partial charge in [-0.25, -0.2) is 4.39 Å². The van der Waals surface area contributed by atoms with Gasteiger partial charge in [-0.05, 0) is 66.1 Å². The Balaban J connectivity index is 1.90. The monoisotopic (exact) mass is 452 g/mol. The molecule has 0 N–H and O–H groups in total. The quantitative estimate of drug-likeness (QED) is 0.170. The molecule has 0 saturated heterocycles. The second-order valence-corrected chi connectivity index (χ2v) is 7.06. The van der Waals surface area contributed by atoms with Crippen LogP contribution in [0.25, 0.3) is 11.6 Å². The SMILES string of the molecule is CCOc1cc(/C=C(/C#N)c2ccc([N+](=O)[O-])cc2)cc(Cl)c1OCc1ccc(F)cc1. The van der Waals surface area contributed by atoms with Crippen molar-refractivity contribution in [2.45, 2.75) is 13.5 Å². The molecular weight excluding hydrogens is 435 g/mol. The maximum absolute atomic E-state index is 13.1. The highest BCUT2D eigenvalue weighted by atomic mass is 35.5. The maximum Gasteiger partial charge on any atom is 0.269 e. The van der Waals surface area contributed by atoms with Gasteiger partial charge in [0, 0.05) is 12.1 Å². The van der Waals surface area contributed by atoms with Gasteiger partial charge >= 0.3 is 0 Å². The number of nitrogens with zero attached hydrogens (tertiary/aromatic N) is 2. The predicted octanol–water partition coefficient (Wildman–Crippen LogP) is 6.43. The molecule has 0 aliphatic carbocycles. The van der Waals surface area contributed by atoms with Crippen molar-refractivity contribution in [2.75, 3.05) is 6.61 Å². The largest absolute Gasteiger partial charge is 0.490 e. The minimum absolute atomic E-state index is 0.0598. The first-order valence-corrected chi connectivity index (χ1v) is 9.99. The van der Waals surface area contributed by atoms with E-state index in [0.29, 0.717) is 34.8 Å². The highest BCUT2D eigenvalue weighted by Gasteiger charge is 2.14. The third-order valence-electron chi connectivity index (χ3n) is 4.45. The van der Waals surface area contributed by atoms with Crippen molar-refractivity contribution in [1.82, 2.24) is 0 Å². The fraction of sp³-hybridized carbons (Fsp3) is 0.125. The van der Waals surface area contributed by atoms with Crippen molar-refractivity contribution in [1.29, 1.82) is 5.26 Å². The van der Waals surface area contributed by atoms with Crippen LogP contribution in [-0.4, -0.2) is 11.5 Å². The zero-order valence-corrected chi connectivity index (χ0v) is 17.8. The summed E-state index contributed by atoms with van der Waals surface area (Å²) in [7, 11) is 0. The molecule has 8 heteroatoms. The van der Waals surface area contributed by atoms with Crippen molar-refractivity contribution in [2.24, 2.45) is 0 Å². The summed E-state index contributed by atoms with van der Waals surface area (Å²) >= 11 is 6.44. The van der Waals surface area contributed by atoms with E-state index in [1.165, 1.54) is 36.4 Å². The number of hydrogen-bond acceptors (Lipinski definition) is 5. The Bertz CT molecular complexity index is 1190. The third-order valence-corrected chi connectivity index (χ3v) is 4.73. The summed E-state index contributed by atoms with van der Waals surface area (Å²) in [6.45, 7) is 2.35. The zero-order chi connectivity index (χ0) is 23.1. The number of hydrogen-bond donors (Lipinski definition) is 0. The maximum atomic E-state index is 13.1. The molecule has 0 atom stereocenters. The molecule has 3 rings (SSSR count). The molecule has 0 aliphatic heterocycles. The Morgan fingerprint density at radius 2 is 1.84 bits per heavy atom. The summed E-state index contributed by atoms with van der Waals surface area (Å²) in [5, 5.41) is 20.7. The van der Waals surface area contributed by atoms with E-state index in [-0.39, 0.29) is 23.1 Å². The molecular formula is C24H18ClFN2O4. The van der Waals surface area contributed by atoms with Crippen LogP contribution in [0.5, 0.6) is 11.5 Å². The molecule has 0 radical (unpaired) electrons. The molecule has 0 amide bonds. The van der Waals surface area contributed by atoms with Crippen molar-refractivity contribution in [3.63, 3.8) is 0 Å². The zero-order valence-electron chi connectivity index (χ0n) is 17.0. The minimum atomic E-state index is -0.502. The van der Waals surface area contributed by atoms with Gasteiger partial charge in [0.1, 0.15) is 12.4 Å². The van der Waals surface area contributed by atoms with Crippen molar-refractivity contribution < 1.29 is 18.8 Å². The van der Waals surface area contributed by atoms with Gasteiger partial charge in [-0.3, -0.25) is 10.1 Å². The standard InChI is InChI=1S/C24H18ClFN2O4/c1-2-31-23-13-17(11-19(14-27)18-5-9-21(10-6-18)28(29)30)12-22(25)24(23)32-15-16-3-7-20(26)8-4-16/h3-13H,2,15H2,1H3/b19-11-. The summed E-state index contributed by atoms with van der Waals surface area (Å²) in [6, 6.07) is 17.0. The number of rotatable bonds is 8. The molecule has 0 bridgehead atoms. The number of nitro groups is 1. The molecule has 6 nitrogen and oxygen atoms in total. The van der Waals surface area contributed by atoms with Crippen LogP contribution in [0.1, 0.15) is 23.6 Å². The lowest BCUT2D eigenvalue weighted by atomic mass is 10.0. The van der Waals surface area contributed by atoms with Crippen LogP contribution in [0, 0.1) is 27.3 Å². The summed E-state index contributed by atoms with van der Waals surface area (Å²) < 4.78 is 24.6. The first-order chi connectivity index (χ1) is 15.4. The van der Waals surface area contributed by atoms with E-state index in [0.717, 1.165) is 5.56 Å². The van der Waals surface area contributed by atoms with Crippen molar-refractivity contribution >= 4 is 28.9 Å². The number of ether oxygens (including phenoxy) is 2. The average Bonchev–Trinajstić information content (AvgIpc) is 2.78. The number of nitriles is 1. The summed E-state index contributed by atoms with van der Waals surface area (Å²) in [4.78, 5) is 10.3. The number of non-ortho nitro benzene ring substituents is 1. The molecule has 0 spiro atoms. The molecule has 0 unspecified atom stereocenters. The van der Waals surface area contributed by atoms with E-state index in [9.17, 15) is 19.8 Å². The van der Waals surface area contributed by atoms with Crippen LogP contribution in [-0.2, 0) is 6.61 Å². The molecule has 3 aromatic carbocycles. The number of benzene rings is 3. The van der Waals surface area contributed by atoms with Crippen LogP contribution in [0.15, 0.2) is 60.7 Å². The van der Waals surface area contributed by atoms with Crippen LogP contribution >= 0.6 is 11.6 Å². The van der Waals surface area contributed by atoms with E-state index < -0.39 is 4.92 Å². The molecule has 0 heterocycles. The predicted molar refractivity (Wildman–Crippen MR) is 120 cm³/mol.